The molecule has 0 aliphatic heterocycles. The number of hydrogen-bond donors (Lipinski definition) is 0. The summed E-state index contributed by atoms with van der Waals surface area (Å²) in [4.78, 5) is 14.5. The molecule has 4 nitrogen and oxygen atoms in total. The summed E-state index contributed by atoms with van der Waals surface area (Å²) < 4.78 is 13.4. The second kappa shape index (κ2) is 8.67. The van der Waals surface area contributed by atoms with Crippen LogP contribution in [0.2, 0.25) is 0 Å². The van der Waals surface area contributed by atoms with Crippen LogP contribution in [0.3, 0.4) is 0 Å². The SMILES string of the molecule is CCCCN(C(=O)Cc1ccccc1)c1nnc(-c2cccc(F)c2)s1. The topological polar surface area (TPSA) is 46.1 Å². The maximum atomic E-state index is 13.4. The average molecular weight is 369 g/mol. The smallest absolute Gasteiger partial charge is 0.233 e. The lowest BCUT2D eigenvalue weighted by Crippen LogP contribution is -2.33. The normalized spacial score (nSPS) is 10.7. The minimum atomic E-state index is -0.317. The predicted octanol–water partition coefficient (Wildman–Crippen LogP) is 4.72. The molecule has 1 heterocycles. The van der Waals surface area contributed by atoms with Crippen molar-refractivity contribution in [2.75, 3.05) is 11.4 Å². The van der Waals surface area contributed by atoms with Crippen LogP contribution in [-0.4, -0.2) is 22.6 Å². The summed E-state index contributed by atoms with van der Waals surface area (Å²) >= 11 is 1.31. The Balaban J connectivity index is 1.82. The molecule has 3 rings (SSSR count). The van der Waals surface area contributed by atoms with Crippen LogP contribution < -0.4 is 4.90 Å². The van der Waals surface area contributed by atoms with Crippen LogP contribution in [0.1, 0.15) is 25.3 Å². The number of carbonyl (C=O) groups excluding carboxylic acids is 1. The van der Waals surface area contributed by atoms with Gasteiger partial charge in [0.2, 0.25) is 11.0 Å². The molecular weight excluding hydrogens is 349 g/mol. The number of benzene rings is 2. The van der Waals surface area contributed by atoms with Gasteiger partial charge in [0, 0.05) is 12.1 Å². The van der Waals surface area contributed by atoms with Gasteiger partial charge < -0.3 is 0 Å². The Morgan fingerprint density at radius 1 is 1.12 bits per heavy atom. The van der Waals surface area contributed by atoms with Crippen molar-refractivity contribution in [3.63, 3.8) is 0 Å². The van der Waals surface area contributed by atoms with Crippen LogP contribution in [0.25, 0.3) is 10.6 Å². The zero-order chi connectivity index (χ0) is 18.4. The molecule has 26 heavy (non-hydrogen) atoms. The minimum absolute atomic E-state index is 0.00778. The van der Waals surface area contributed by atoms with Gasteiger partial charge in [0.1, 0.15) is 10.8 Å². The number of nitrogens with zero attached hydrogens (tertiary/aromatic N) is 3. The summed E-state index contributed by atoms with van der Waals surface area (Å²) in [6.07, 6.45) is 2.18. The van der Waals surface area contributed by atoms with Crippen LogP contribution in [-0.2, 0) is 11.2 Å². The molecule has 0 unspecified atom stereocenters. The molecule has 0 saturated heterocycles. The van der Waals surface area contributed by atoms with Crippen LogP contribution in [0.5, 0.6) is 0 Å². The molecular formula is C20H20FN3OS. The van der Waals surface area contributed by atoms with E-state index in [9.17, 15) is 9.18 Å². The molecule has 3 aromatic rings. The molecule has 0 aliphatic carbocycles. The summed E-state index contributed by atoms with van der Waals surface area (Å²) in [5, 5.41) is 9.50. The minimum Gasteiger partial charge on any atom is -0.286 e. The van der Waals surface area contributed by atoms with Crippen molar-refractivity contribution in [2.45, 2.75) is 26.2 Å². The molecule has 0 N–H and O–H groups in total. The molecule has 1 amide bonds. The Morgan fingerprint density at radius 3 is 2.65 bits per heavy atom. The highest BCUT2D eigenvalue weighted by molar-refractivity contribution is 7.18. The Hall–Kier alpha value is -2.60. The quantitative estimate of drug-likeness (QED) is 0.605. The molecule has 0 fully saturated rings. The lowest BCUT2D eigenvalue weighted by atomic mass is 10.1. The van der Waals surface area contributed by atoms with Crippen molar-refractivity contribution in [1.82, 2.24) is 10.2 Å². The van der Waals surface area contributed by atoms with Gasteiger partial charge in [0.05, 0.1) is 6.42 Å². The van der Waals surface area contributed by atoms with E-state index in [1.165, 1.54) is 23.5 Å². The maximum Gasteiger partial charge on any atom is 0.233 e. The number of halogens is 1. The molecule has 0 bridgehead atoms. The largest absolute Gasteiger partial charge is 0.286 e. The van der Waals surface area contributed by atoms with Crippen molar-refractivity contribution in [3.05, 3.63) is 66.0 Å². The fraction of sp³-hybridized carbons (Fsp3) is 0.250. The lowest BCUT2D eigenvalue weighted by molar-refractivity contribution is -0.118. The average Bonchev–Trinajstić information content (AvgIpc) is 3.13. The molecule has 0 atom stereocenters. The van der Waals surface area contributed by atoms with Gasteiger partial charge in [-0.2, -0.15) is 0 Å². The lowest BCUT2D eigenvalue weighted by Gasteiger charge is -2.19. The molecule has 0 aliphatic rings. The fourth-order valence-corrected chi connectivity index (χ4v) is 3.46. The first-order valence-electron chi connectivity index (χ1n) is 8.61. The molecule has 0 saturated carbocycles. The first-order valence-corrected chi connectivity index (χ1v) is 9.42. The number of amides is 1. The third kappa shape index (κ3) is 4.52. The van der Waals surface area contributed by atoms with Gasteiger partial charge in [0.25, 0.3) is 0 Å². The molecule has 0 radical (unpaired) electrons. The number of carbonyl (C=O) groups is 1. The summed E-state index contributed by atoms with van der Waals surface area (Å²) in [5.41, 5.74) is 1.63. The van der Waals surface area contributed by atoms with Gasteiger partial charge in [-0.05, 0) is 24.1 Å². The fourth-order valence-electron chi connectivity index (χ4n) is 2.57. The van der Waals surface area contributed by atoms with Gasteiger partial charge in [-0.3, -0.25) is 9.69 Å². The van der Waals surface area contributed by atoms with Crippen molar-refractivity contribution in [1.29, 1.82) is 0 Å². The first kappa shape index (κ1) is 18.2. The van der Waals surface area contributed by atoms with Crippen molar-refractivity contribution in [2.24, 2.45) is 0 Å². The van der Waals surface area contributed by atoms with E-state index in [-0.39, 0.29) is 11.7 Å². The number of unbranched alkanes of at least 4 members (excludes halogenated alkanes) is 1. The Labute approximate surface area is 156 Å². The van der Waals surface area contributed by atoms with Crippen molar-refractivity contribution >= 4 is 22.4 Å². The van der Waals surface area contributed by atoms with E-state index in [0.717, 1.165) is 18.4 Å². The van der Waals surface area contributed by atoms with Gasteiger partial charge in [-0.15, -0.1) is 10.2 Å². The van der Waals surface area contributed by atoms with Crippen LogP contribution in [0.4, 0.5) is 9.52 Å². The second-order valence-corrected chi connectivity index (χ2v) is 6.92. The Bertz CT molecular complexity index is 866. The summed E-state index contributed by atoms with van der Waals surface area (Å²) in [7, 11) is 0. The molecule has 2 aromatic carbocycles. The molecule has 0 spiro atoms. The van der Waals surface area contributed by atoms with Gasteiger partial charge in [-0.1, -0.05) is 67.1 Å². The van der Waals surface area contributed by atoms with Gasteiger partial charge >= 0.3 is 0 Å². The number of rotatable bonds is 7. The van der Waals surface area contributed by atoms with E-state index in [1.54, 1.807) is 17.0 Å². The third-order valence-electron chi connectivity index (χ3n) is 3.95. The van der Waals surface area contributed by atoms with Crippen LogP contribution >= 0.6 is 11.3 Å². The predicted molar refractivity (Wildman–Crippen MR) is 103 cm³/mol. The van der Waals surface area contributed by atoms with E-state index in [0.29, 0.717) is 28.7 Å². The monoisotopic (exact) mass is 369 g/mol. The van der Waals surface area contributed by atoms with E-state index < -0.39 is 0 Å². The zero-order valence-electron chi connectivity index (χ0n) is 14.6. The standard InChI is InChI=1S/C20H20FN3OS/c1-2-3-12-24(18(25)13-15-8-5-4-6-9-15)20-23-22-19(26-20)16-10-7-11-17(21)14-16/h4-11,14H,2-3,12-13H2,1H3. The molecule has 134 valence electrons. The highest BCUT2D eigenvalue weighted by Crippen LogP contribution is 2.29. The summed E-state index contributed by atoms with van der Waals surface area (Å²) in [5.74, 6) is -0.325. The van der Waals surface area contributed by atoms with Gasteiger partial charge in [0.15, 0.2) is 0 Å². The maximum absolute atomic E-state index is 13.4. The highest BCUT2D eigenvalue weighted by atomic mass is 32.1. The van der Waals surface area contributed by atoms with E-state index in [2.05, 4.69) is 17.1 Å². The van der Waals surface area contributed by atoms with Crippen molar-refractivity contribution < 1.29 is 9.18 Å². The highest BCUT2D eigenvalue weighted by Gasteiger charge is 2.20. The number of aromatic nitrogens is 2. The van der Waals surface area contributed by atoms with E-state index >= 15 is 0 Å². The van der Waals surface area contributed by atoms with E-state index in [1.807, 2.05) is 30.3 Å². The van der Waals surface area contributed by atoms with E-state index in [4.69, 9.17) is 0 Å². The van der Waals surface area contributed by atoms with Crippen LogP contribution in [0, 0.1) is 5.82 Å². The van der Waals surface area contributed by atoms with Crippen LogP contribution in [0.15, 0.2) is 54.6 Å². The van der Waals surface area contributed by atoms with Crippen molar-refractivity contribution in [3.8, 4) is 10.6 Å². The first-order chi connectivity index (χ1) is 12.7. The number of anilines is 1. The molecule has 1 aromatic heterocycles. The third-order valence-corrected chi connectivity index (χ3v) is 4.95. The Kier molecular flexibility index (Phi) is 6.07. The zero-order valence-corrected chi connectivity index (χ0v) is 15.4. The second-order valence-electron chi connectivity index (χ2n) is 5.96. The number of hydrogen-bond acceptors (Lipinski definition) is 4. The summed E-state index contributed by atoms with van der Waals surface area (Å²) in [6.45, 7) is 2.68. The van der Waals surface area contributed by atoms with Gasteiger partial charge in [-0.25, -0.2) is 4.39 Å². The summed E-state index contributed by atoms with van der Waals surface area (Å²) in [6, 6.07) is 15.9. The Morgan fingerprint density at radius 2 is 1.92 bits per heavy atom. The molecule has 6 heteroatoms.